The predicted octanol–water partition coefficient (Wildman–Crippen LogP) is 4.39. The Hall–Kier alpha value is -2.57. The van der Waals surface area contributed by atoms with Crippen LogP contribution in [0.15, 0.2) is 76.5 Å². The fourth-order valence-electron chi connectivity index (χ4n) is 2.18. The largest absolute Gasteiger partial charge is 0.478 e. The van der Waals surface area contributed by atoms with E-state index in [1.54, 1.807) is 0 Å². The number of aliphatic carboxylic acids is 2. The van der Waals surface area contributed by atoms with Crippen LogP contribution in [0.5, 0.6) is 0 Å². The molecule has 0 fully saturated rings. The molecule has 0 atom stereocenters. The first-order valence-electron chi connectivity index (χ1n) is 8.63. The Morgan fingerprint density at radius 2 is 1.41 bits per heavy atom. The maximum absolute atomic E-state index is 9.55. The number of nitrogens with zero attached hydrogens (tertiary/aromatic N) is 1. The van der Waals surface area contributed by atoms with Crippen molar-refractivity contribution in [1.29, 1.82) is 0 Å². The van der Waals surface area contributed by atoms with Gasteiger partial charge in [-0.05, 0) is 36.9 Å². The summed E-state index contributed by atoms with van der Waals surface area (Å²) in [5.41, 5.74) is 1.42. The first-order chi connectivity index (χ1) is 13.0. The second-order valence-electron chi connectivity index (χ2n) is 5.49. The number of rotatable bonds is 8. The van der Waals surface area contributed by atoms with Gasteiger partial charge in [0.15, 0.2) is 0 Å². The highest BCUT2D eigenvalue weighted by Crippen LogP contribution is 2.30. The van der Waals surface area contributed by atoms with Gasteiger partial charge >= 0.3 is 11.9 Å². The van der Waals surface area contributed by atoms with Crippen LogP contribution in [-0.4, -0.2) is 40.1 Å². The van der Waals surface area contributed by atoms with Gasteiger partial charge in [0, 0.05) is 28.5 Å². The summed E-state index contributed by atoms with van der Waals surface area (Å²) in [6.45, 7) is 7.66. The van der Waals surface area contributed by atoms with Crippen LogP contribution in [0.4, 0.5) is 0 Å². The average Bonchev–Trinajstić information content (AvgIpc) is 2.67. The molecule has 0 spiro atoms. The summed E-state index contributed by atoms with van der Waals surface area (Å²) >= 11 is 1.85. The van der Waals surface area contributed by atoms with Crippen LogP contribution < -0.4 is 0 Å². The van der Waals surface area contributed by atoms with E-state index in [2.05, 4.69) is 73.3 Å². The van der Waals surface area contributed by atoms with Gasteiger partial charge in [0.05, 0.1) is 0 Å². The summed E-state index contributed by atoms with van der Waals surface area (Å²) in [5, 5.41) is 15.6. The second kappa shape index (κ2) is 12.7. The van der Waals surface area contributed by atoms with Gasteiger partial charge in [-0.2, -0.15) is 0 Å². The van der Waals surface area contributed by atoms with Crippen LogP contribution in [0.3, 0.4) is 0 Å². The van der Waals surface area contributed by atoms with Gasteiger partial charge in [0.25, 0.3) is 0 Å². The number of hydrogen-bond donors (Lipinski definition) is 2. The molecule has 2 aromatic rings. The number of carboxylic acids is 2. The molecule has 5 nitrogen and oxygen atoms in total. The summed E-state index contributed by atoms with van der Waals surface area (Å²) in [6.07, 6.45) is 1.12. The van der Waals surface area contributed by atoms with Crippen molar-refractivity contribution in [2.45, 2.75) is 30.2 Å². The molecule has 0 saturated heterocycles. The van der Waals surface area contributed by atoms with E-state index in [9.17, 15) is 9.59 Å². The highest BCUT2D eigenvalue weighted by Gasteiger charge is 2.07. The van der Waals surface area contributed by atoms with E-state index in [0.717, 1.165) is 19.6 Å². The molecule has 0 aliphatic rings. The third-order valence-corrected chi connectivity index (χ3v) is 4.73. The molecule has 6 heteroatoms. The van der Waals surface area contributed by atoms with E-state index in [0.29, 0.717) is 12.2 Å². The number of carbonyl (C=O) groups is 2. The van der Waals surface area contributed by atoms with Crippen LogP contribution in [0.2, 0.25) is 0 Å². The maximum atomic E-state index is 9.55. The summed E-state index contributed by atoms with van der Waals surface area (Å²) in [5.74, 6) is -2.51. The maximum Gasteiger partial charge on any atom is 0.328 e. The zero-order valence-corrected chi connectivity index (χ0v) is 16.4. The van der Waals surface area contributed by atoms with Gasteiger partial charge in [-0.15, -0.1) is 0 Å². The van der Waals surface area contributed by atoms with Crippen molar-refractivity contribution in [3.8, 4) is 0 Å². The van der Waals surface area contributed by atoms with Gasteiger partial charge in [-0.25, -0.2) is 9.59 Å². The lowest BCUT2D eigenvalue weighted by atomic mass is 10.2. The van der Waals surface area contributed by atoms with Crippen LogP contribution in [0, 0.1) is 0 Å². The molecule has 0 amide bonds. The fraction of sp³-hybridized carbons (Fsp3) is 0.238. The molecule has 144 valence electrons. The molecule has 0 radical (unpaired) electrons. The van der Waals surface area contributed by atoms with Gasteiger partial charge in [-0.1, -0.05) is 62.0 Å². The van der Waals surface area contributed by atoms with Gasteiger partial charge in [0.1, 0.15) is 0 Å². The van der Waals surface area contributed by atoms with E-state index in [1.807, 2.05) is 11.8 Å². The monoisotopic (exact) mass is 387 g/mol. The Kier molecular flexibility index (Phi) is 10.6. The van der Waals surface area contributed by atoms with Crippen molar-refractivity contribution in [1.82, 2.24) is 4.90 Å². The SMILES string of the molecule is CCN(CC)Cc1ccccc1Sc1ccccc1.O=C(O)/C=C/C(=O)O. The smallest absolute Gasteiger partial charge is 0.328 e. The minimum absolute atomic E-state index is 0.558. The van der Waals surface area contributed by atoms with Crippen LogP contribution in [0.25, 0.3) is 0 Å². The highest BCUT2D eigenvalue weighted by atomic mass is 32.2. The molecule has 0 unspecified atom stereocenters. The van der Waals surface area contributed by atoms with E-state index in [4.69, 9.17) is 10.2 Å². The lowest BCUT2D eigenvalue weighted by Gasteiger charge is -2.19. The van der Waals surface area contributed by atoms with Crippen LogP contribution in [-0.2, 0) is 16.1 Å². The fourth-order valence-corrected chi connectivity index (χ4v) is 3.14. The van der Waals surface area contributed by atoms with Crippen molar-refractivity contribution >= 4 is 23.7 Å². The lowest BCUT2D eigenvalue weighted by Crippen LogP contribution is -2.22. The van der Waals surface area contributed by atoms with Gasteiger partial charge in [0.2, 0.25) is 0 Å². The molecule has 27 heavy (non-hydrogen) atoms. The van der Waals surface area contributed by atoms with E-state index >= 15 is 0 Å². The first kappa shape index (κ1) is 22.5. The second-order valence-corrected chi connectivity index (χ2v) is 6.61. The summed E-state index contributed by atoms with van der Waals surface area (Å²) < 4.78 is 0. The number of hydrogen-bond acceptors (Lipinski definition) is 4. The van der Waals surface area contributed by atoms with E-state index < -0.39 is 11.9 Å². The molecule has 0 heterocycles. The third-order valence-electron chi connectivity index (χ3n) is 3.60. The van der Waals surface area contributed by atoms with Crippen molar-refractivity contribution < 1.29 is 19.8 Å². The van der Waals surface area contributed by atoms with Gasteiger partial charge in [-0.3, -0.25) is 4.90 Å². The first-order valence-corrected chi connectivity index (χ1v) is 9.45. The van der Waals surface area contributed by atoms with Gasteiger partial charge < -0.3 is 10.2 Å². The van der Waals surface area contributed by atoms with Crippen molar-refractivity contribution in [3.05, 3.63) is 72.3 Å². The summed E-state index contributed by atoms with van der Waals surface area (Å²) in [6, 6.07) is 19.3. The number of carboxylic acid groups (broad SMARTS) is 2. The molecule has 0 saturated carbocycles. The topological polar surface area (TPSA) is 77.8 Å². The predicted molar refractivity (Wildman–Crippen MR) is 108 cm³/mol. The Balaban J connectivity index is 0.000000387. The average molecular weight is 388 g/mol. The quantitative estimate of drug-likeness (QED) is 0.654. The van der Waals surface area contributed by atoms with Crippen LogP contribution in [0.1, 0.15) is 19.4 Å². The molecule has 2 aromatic carbocycles. The minimum Gasteiger partial charge on any atom is -0.478 e. The molecule has 0 aromatic heterocycles. The Bertz CT molecular complexity index is 727. The Morgan fingerprint density at radius 1 is 0.889 bits per heavy atom. The van der Waals surface area contributed by atoms with Crippen LogP contribution >= 0.6 is 11.8 Å². The molecule has 0 aliphatic carbocycles. The summed E-state index contributed by atoms with van der Waals surface area (Å²) in [4.78, 5) is 24.2. The normalized spacial score (nSPS) is 10.5. The lowest BCUT2D eigenvalue weighted by molar-refractivity contribution is -0.134. The number of benzene rings is 2. The zero-order chi connectivity index (χ0) is 20.1. The highest BCUT2D eigenvalue weighted by molar-refractivity contribution is 7.99. The Labute approximate surface area is 164 Å². The van der Waals surface area contributed by atoms with E-state index in [1.165, 1.54) is 15.4 Å². The summed E-state index contributed by atoms with van der Waals surface area (Å²) in [7, 11) is 0. The zero-order valence-electron chi connectivity index (χ0n) is 15.5. The molecule has 2 N–H and O–H groups in total. The van der Waals surface area contributed by atoms with E-state index in [-0.39, 0.29) is 0 Å². The minimum atomic E-state index is -1.26. The van der Waals surface area contributed by atoms with Crippen molar-refractivity contribution in [2.75, 3.05) is 13.1 Å². The molecule has 2 rings (SSSR count). The molecule has 0 bridgehead atoms. The Morgan fingerprint density at radius 3 is 1.93 bits per heavy atom. The van der Waals surface area contributed by atoms with Crippen molar-refractivity contribution in [2.24, 2.45) is 0 Å². The van der Waals surface area contributed by atoms with Crippen molar-refractivity contribution in [3.63, 3.8) is 0 Å². The molecular weight excluding hydrogens is 362 g/mol. The molecule has 0 aliphatic heterocycles. The standard InChI is InChI=1S/C17H21NS.C4H4O4/c1-3-18(4-2)14-15-10-8-9-13-17(15)19-16-11-6-5-7-12-16;5-3(6)1-2-4(7)8/h5-13H,3-4,14H2,1-2H3;1-2H,(H,5,6)(H,7,8)/b;2-1+. The molecular formula is C21H25NO4S. The third kappa shape index (κ3) is 9.63.